The Morgan fingerprint density at radius 2 is 1.86 bits per heavy atom. The lowest BCUT2D eigenvalue weighted by molar-refractivity contribution is 0.281. The predicted molar refractivity (Wildman–Crippen MR) is 92.4 cm³/mol. The van der Waals surface area contributed by atoms with Crippen molar-refractivity contribution in [3.63, 3.8) is 0 Å². The van der Waals surface area contributed by atoms with Crippen LogP contribution in [0.5, 0.6) is 0 Å². The van der Waals surface area contributed by atoms with Crippen molar-refractivity contribution in [2.24, 2.45) is 0 Å². The van der Waals surface area contributed by atoms with Gasteiger partial charge in [0.05, 0.1) is 17.3 Å². The van der Waals surface area contributed by atoms with Crippen molar-refractivity contribution in [1.29, 1.82) is 0 Å². The first-order valence-corrected chi connectivity index (χ1v) is 9.03. The van der Waals surface area contributed by atoms with Crippen LogP contribution in [0.3, 0.4) is 0 Å². The quantitative estimate of drug-likeness (QED) is 0.684. The van der Waals surface area contributed by atoms with Crippen LogP contribution >= 0.6 is 45.8 Å². The molecule has 0 spiro atoms. The van der Waals surface area contributed by atoms with E-state index >= 15 is 0 Å². The summed E-state index contributed by atoms with van der Waals surface area (Å²) in [5.74, 6) is 0. The summed E-state index contributed by atoms with van der Waals surface area (Å²) >= 11 is 13.9. The summed E-state index contributed by atoms with van der Waals surface area (Å²) in [6.45, 7) is -0.398. The normalized spacial score (nSPS) is 11.4. The van der Waals surface area contributed by atoms with Gasteiger partial charge in [0.1, 0.15) is 4.90 Å². The Kier molecular flexibility index (Phi) is 5.37. The molecular weight excluding hydrogens is 448 g/mol. The van der Waals surface area contributed by atoms with Crippen molar-refractivity contribution in [2.75, 3.05) is 4.72 Å². The number of aliphatic hydroxyl groups excluding tert-OH is 1. The number of para-hydroxylation sites is 1. The highest BCUT2D eigenvalue weighted by atomic mass is 127. The number of rotatable bonds is 4. The minimum absolute atomic E-state index is 0.0414. The van der Waals surface area contributed by atoms with Crippen LogP contribution in [0.2, 0.25) is 10.0 Å². The SMILES string of the molecule is O=S(=O)(Nc1ccccc1I)c1cc(Cl)cc(CO)c1Cl. The van der Waals surface area contributed by atoms with E-state index in [0.29, 0.717) is 5.69 Å². The van der Waals surface area contributed by atoms with Gasteiger partial charge in [-0.05, 0) is 52.4 Å². The van der Waals surface area contributed by atoms with E-state index in [1.54, 1.807) is 24.3 Å². The number of aliphatic hydroxyl groups is 1. The minimum Gasteiger partial charge on any atom is -0.392 e. The molecule has 0 fully saturated rings. The molecule has 0 atom stereocenters. The average molecular weight is 458 g/mol. The van der Waals surface area contributed by atoms with Crippen molar-refractivity contribution in [2.45, 2.75) is 11.5 Å². The molecule has 21 heavy (non-hydrogen) atoms. The number of halogens is 3. The lowest BCUT2D eigenvalue weighted by atomic mass is 10.2. The zero-order valence-corrected chi connectivity index (χ0v) is 15.0. The highest BCUT2D eigenvalue weighted by Crippen LogP contribution is 2.31. The molecule has 0 unspecified atom stereocenters. The van der Waals surface area contributed by atoms with E-state index in [1.807, 2.05) is 22.6 Å². The van der Waals surface area contributed by atoms with E-state index in [0.717, 1.165) is 3.57 Å². The first-order valence-electron chi connectivity index (χ1n) is 5.71. The molecule has 0 aliphatic rings. The molecule has 2 N–H and O–H groups in total. The van der Waals surface area contributed by atoms with Gasteiger partial charge in [-0.25, -0.2) is 8.42 Å². The van der Waals surface area contributed by atoms with Crippen molar-refractivity contribution in [1.82, 2.24) is 0 Å². The van der Waals surface area contributed by atoms with Crippen LogP contribution < -0.4 is 4.72 Å². The molecule has 2 aromatic rings. The van der Waals surface area contributed by atoms with Crippen molar-refractivity contribution >= 4 is 61.5 Å². The number of benzene rings is 2. The number of hydrogen-bond acceptors (Lipinski definition) is 3. The van der Waals surface area contributed by atoms with Crippen LogP contribution in [0, 0.1) is 3.57 Å². The molecule has 0 saturated carbocycles. The minimum atomic E-state index is -3.90. The molecule has 0 radical (unpaired) electrons. The maximum Gasteiger partial charge on any atom is 0.263 e. The smallest absolute Gasteiger partial charge is 0.263 e. The molecule has 2 rings (SSSR count). The van der Waals surface area contributed by atoms with Gasteiger partial charge in [-0.1, -0.05) is 35.3 Å². The van der Waals surface area contributed by atoms with Gasteiger partial charge in [0, 0.05) is 8.59 Å². The van der Waals surface area contributed by atoms with E-state index in [1.165, 1.54) is 12.1 Å². The molecule has 112 valence electrons. The first-order chi connectivity index (χ1) is 9.85. The summed E-state index contributed by atoms with van der Waals surface area (Å²) in [6.07, 6.45) is 0. The van der Waals surface area contributed by atoms with Gasteiger partial charge in [0.15, 0.2) is 0 Å². The standard InChI is InChI=1S/C13H10Cl2INO3S/c14-9-5-8(7-18)13(15)12(6-9)21(19,20)17-11-4-2-1-3-10(11)16/h1-6,17-18H,7H2. The highest BCUT2D eigenvalue weighted by Gasteiger charge is 2.21. The average Bonchev–Trinajstić information content (AvgIpc) is 2.43. The molecule has 0 saturated heterocycles. The van der Waals surface area contributed by atoms with Crippen molar-refractivity contribution in [3.05, 3.63) is 55.6 Å². The van der Waals surface area contributed by atoms with Gasteiger partial charge in [-0.15, -0.1) is 0 Å². The van der Waals surface area contributed by atoms with E-state index in [2.05, 4.69) is 4.72 Å². The van der Waals surface area contributed by atoms with Gasteiger partial charge in [0.25, 0.3) is 10.0 Å². The predicted octanol–water partition coefficient (Wildman–Crippen LogP) is 3.89. The summed E-state index contributed by atoms with van der Waals surface area (Å²) in [7, 11) is -3.90. The van der Waals surface area contributed by atoms with Crippen molar-refractivity contribution in [3.8, 4) is 0 Å². The second kappa shape index (κ2) is 6.70. The van der Waals surface area contributed by atoms with E-state index in [4.69, 9.17) is 23.2 Å². The Labute approximate surface area is 146 Å². The maximum atomic E-state index is 12.5. The van der Waals surface area contributed by atoms with Crippen LogP contribution in [0.4, 0.5) is 5.69 Å². The molecule has 8 heteroatoms. The van der Waals surface area contributed by atoms with Crippen LogP contribution in [0.25, 0.3) is 0 Å². The monoisotopic (exact) mass is 457 g/mol. The zero-order chi connectivity index (χ0) is 15.6. The largest absolute Gasteiger partial charge is 0.392 e. The summed E-state index contributed by atoms with van der Waals surface area (Å²) in [4.78, 5) is -0.166. The molecule has 0 heterocycles. The fourth-order valence-electron chi connectivity index (χ4n) is 1.67. The fourth-order valence-corrected chi connectivity index (χ4v) is 4.38. The third kappa shape index (κ3) is 3.81. The topological polar surface area (TPSA) is 66.4 Å². The Hall–Kier alpha value is -0.540. The highest BCUT2D eigenvalue weighted by molar-refractivity contribution is 14.1. The lowest BCUT2D eigenvalue weighted by Crippen LogP contribution is -2.15. The van der Waals surface area contributed by atoms with Crippen LogP contribution in [-0.2, 0) is 16.6 Å². The molecule has 4 nitrogen and oxygen atoms in total. The molecule has 0 aromatic heterocycles. The van der Waals surface area contributed by atoms with Gasteiger partial charge in [0.2, 0.25) is 0 Å². The van der Waals surface area contributed by atoms with Gasteiger partial charge >= 0.3 is 0 Å². The number of nitrogens with one attached hydrogen (secondary N) is 1. The lowest BCUT2D eigenvalue weighted by Gasteiger charge is -2.13. The number of sulfonamides is 1. The molecule has 0 aliphatic heterocycles. The number of anilines is 1. The van der Waals surface area contributed by atoms with Gasteiger partial charge in [-0.2, -0.15) is 0 Å². The number of hydrogen-bond donors (Lipinski definition) is 2. The fraction of sp³-hybridized carbons (Fsp3) is 0.0769. The van der Waals surface area contributed by atoms with Crippen molar-refractivity contribution < 1.29 is 13.5 Å². The molecule has 2 aromatic carbocycles. The summed E-state index contributed by atoms with van der Waals surface area (Å²) in [6, 6.07) is 9.62. The van der Waals surface area contributed by atoms with Crippen LogP contribution in [-0.4, -0.2) is 13.5 Å². The molecule has 0 aliphatic carbocycles. The third-order valence-corrected chi connectivity index (χ3v) is 5.76. The Morgan fingerprint density at radius 1 is 1.19 bits per heavy atom. The van der Waals surface area contributed by atoms with E-state index in [-0.39, 0.29) is 20.5 Å². The summed E-state index contributed by atoms with van der Waals surface area (Å²) in [5.41, 5.74) is 0.701. The Morgan fingerprint density at radius 3 is 2.48 bits per heavy atom. The van der Waals surface area contributed by atoms with Crippen LogP contribution in [0.1, 0.15) is 5.56 Å². The second-order valence-corrected chi connectivity index (χ2v) is 7.75. The molecule has 0 amide bonds. The molecule has 0 bridgehead atoms. The van der Waals surface area contributed by atoms with E-state index in [9.17, 15) is 13.5 Å². The zero-order valence-electron chi connectivity index (χ0n) is 10.5. The first kappa shape index (κ1) is 16.8. The van der Waals surface area contributed by atoms with Crippen LogP contribution in [0.15, 0.2) is 41.3 Å². The maximum absolute atomic E-state index is 12.5. The molecular formula is C13H10Cl2INO3S. The van der Waals surface area contributed by atoms with Gasteiger partial charge in [-0.3, -0.25) is 4.72 Å². The van der Waals surface area contributed by atoms with Gasteiger partial charge < -0.3 is 5.11 Å². The summed E-state index contributed by atoms with van der Waals surface area (Å²) < 4.78 is 28.1. The van der Waals surface area contributed by atoms with E-state index < -0.39 is 16.6 Å². The second-order valence-electron chi connectivity index (χ2n) is 4.12. The third-order valence-electron chi connectivity index (χ3n) is 2.66. The Balaban J connectivity index is 2.50. The summed E-state index contributed by atoms with van der Waals surface area (Å²) in [5, 5.41) is 9.35. The Bertz CT molecular complexity index is 781.